The molecule has 2 aliphatic carbocycles. The monoisotopic (exact) mass is 582 g/mol. The van der Waals surface area contributed by atoms with Crippen molar-refractivity contribution in [3.05, 3.63) is 53.1 Å². The first-order valence-corrected chi connectivity index (χ1v) is 15.7. The van der Waals surface area contributed by atoms with Gasteiger partial charge in [-0.1, -0.05) is 83.8 Å². The molecular weight excluding hydrogens is 538 g/mol. The fourth-order valence-electron chi connectivity index (χ4n) is 6.86. The molecule has 2 aliphatic rings. The van der Waals surface area contributed by atoms with Crippen LogP contribution in [0.15, 0.2) is 24.3 Å². The second-order valence-corrected chi connectivity index (χ2v) is 12.4. The summed E-state index contributed by atoms with van der Waals surface area (Å²) in [7, 11) is 0. The first kappa shape index (κ1) is 31.7. The van der Waals surface area contributed by atoms with Gasteiger partial charge in [0.2, 0.25) is 5.82 Å². The Labute approximate surface area is 241 Å². The lowest BCUT2D eigenvalue weighted by molar-refractivity contribution is -0.185. The molecule has 0 aromatic heterocycles. The summed E-state index contributed by atoms with van der Waals surface area (Å²) >= 11 is 0. The van der Waals surface area contributed by atoms with Crippen LogP contribution in [0.5, 0.6) is 5.75 Å². The van der Waals surface area contributed by atoms with Crippen molar-refractivity contribution in [2.24, 2.45) is 17.8 Å². The summed E-state index contributed by atoms with van der Waals surface area (Å²) in [6.45, 7) is 4.29. The van der Waals surface area contributed by atoms with Crippen LogP contribution in [0.3, 0.4) is 0 Å². The second kappa shape index (κ2) is 14.3. The van der Waals surface area contributed by atoms with Gasteiger partial charge in [-0.3, -0.25) is 0 Å². The molecule has 2 saturated carbocycles. The third-order valence-electron chi connectivity index (χ3n) is 9.60. The predicted molar refractivity (Wildman–Crippen MR) is 151 cm³/mol. The van der Waals surface area contributed by atoms with E-state index in [0.717, 1.165) is 69.9 Å². The predicted octanol–water partition coefficient (Wildman–Crippen LogP) is 11.7. The van der Waals surface area contributed by atoms with Crippen molar-refractivity contribution in [3.8, 4) is 16.9 Å². The highest BCUT2D eigenvalue weighted by Crippen LogP contribution is 2.41. The van der Waals surface area contributed by atoms with Crippen molar-refractivity contribution in [3.63, 3.8) is 0 Å². The summed E-state index contributed by atoms with van der Waals surface area (Å²) in [5.74, 6) is -5.17. The highest BCUT2D eigenvalue weighted by Gasteiger charge is 2.35. The first-order chi connectivity index (χ1) is 19.6. The molecule has 0 amide bonds. The smallest absolute Gasteiger partial charge is 0.397 e. The fourth-order valence-corrected chi connectivity index (χ4v) is 6.86. The zero-order valence-electron chi connectivity index (χ0n) is 24.4. The lowest BCUT2D eigenvalue weighted by Crippen LogP contribution is -2.27. The van der Waals surface area contributed by atoms with Crippen molar-refractivity contribution in [2.75, 3.05) is 0 Å². The lowest BCUT2D eigenvalue weighted by Gasteiger charge is -2.29. The van der Waals surface area contributed by atoms with E-state index in [1.165, 1.54) is 37.8 Å². The van der Waals surface area contributed by atoms with E-state index in [9.17, 15) is 13.2 Å². The Morgan fingerprint density at radius 1 is 0.659 bits per heavy atom. The van der Waals surface area contributed by atoms with Crippen LogP contribution < -0.4 is 4.74 Å². The molecule has 4 rings (SSSR count). The summed E-state index contributed by atoms with van der Waals surface area (Å²) in [5.41, 5.74) is -0.744. The molecule has 2 aromatic carbocycles. The third-order valence-corrected chi connectivity index (χ3v) is 9.60. The van der Waals surface area contributed by atoms with Crippen molar-refractivity contribution in [2.45, 2.75) is 122 Å². The van der Waals surface area contributed by atoms with Gasteiger partial charge in [0.15, 0.2) is 23.2 Å². The van der Waals surface area contributed by atoms with Gasteiger partial charge in [0.05, 0.1) is 6.42 Å². The van der Waals surface area contributed by atoms with Crippen LogP contribution in [0.25, 0.3) is 11.1 Å². The number of hydrogen-bond donors (Lipinski definition) is 0. The Morgan fingerprint density at radius 2 is 1.22 bits per heavy atom. The van der Waals surface area contributed by atoms with Crippen molar-refractivity contribution >= 4 is 0 Å². The van der Waals surface area contributed by atoms with E-state index in [0.29, 0.717) is 11.8 Å². The van der Waals surface area contributed by atoms with E-state index in [1.807, 2.05) is 0 Å². The Bertz CT molecular complexity index is 1130. The maximum Gasteiger partial charge on any atom is 0.397 e. The van der Waals surface area contributed by atoms with E-state index in [4.69, 9.17) is 0 Å². The van der Waals surface area contributed by atoms with Gasteiger partial charge in [0.1, 0.15) is 0 Å². The molecule has 228 valence electrons. The second-order valence-electron chi connectivity index (χ2n) is 12.4. The van der Waals surface area contributed by atoms with E-state index < -0.39 is 52.7 Å². The molecule has 0 N–H and O–H groups in total. The van der Waals surface area contributed by atoms with Crippen LogP contribution >= 0.6 is 0 Å². The molecule has 2 aromatic rings. The molecule has 7 heteroatoms. The number of hydrogen-bond acceptors (Lipinski definition) is 1. The largest absolute Gasteiger partial charge is 0.429 e. The molecule has 1 nitrogen and oxygen atoms in total. The maximum atomic E-state index is 15.1. The lowest BCUT2D eigenvalue weighted by atomic mass is 9.77. The van der Waals surface area contributed by atoms with Crippen molar-refractivity contribution in [1.82, 2.24) is 0 Å². The summed E-state index contributed by atoms with van der Waals surface area (Å²) < 4.78 is 94.0. The molecule has 0 saturated heterocycles. The molecule has 41 heavy (non-hydrogen) atoms. The van der Waals surface area contributed by atoms with Gasteiger partial charge in [0.25, 0.3) is 0 Å². The minimum absolute atomic E-state index is 0.123. The zero-order valence-corrected chi connectivity index (χ0v) is 24.4. The number of ether oxygens (including phenoxy) is 1. The highest BCUT2D eigenvalue weighted by atomic mass is 19.3. The van der Waals surface area contributed by atoms with Crippen LogP contribution in [-0.2, 0) is 0 Å². The quantitative estimate of drug-likeness (QED) is 0.179. The zero-order chi connectivity index (χ0) is 29.6. The van der Waals surface area contributed by atoms with Crippen molar-refractivity contribution in [1.29, 1.82) is 0 Å². The molecular formula is C34H44F6O. The Hall–Kier alpha value is -2.18. The standard InChI is InChI=1S/C34H44F6O/c1-3-5-6-7-23-8-10-24(11-9-23)20-21-34(39,40)41-29-19-18-28(32(37)33(29)38)27-17-16-26(30(35)31(27)36)25-14-12-22(4-2)13-15-25/h16-19,22-25H,3-15,20-21H2,1-2H3. The van der Waals surface area contributed by atoms with Gasteiger partial charge in [-0.05, 0) is 73.5 Å². The molecule has 0 spiro atoms. The molecule has 0 aliphatic heterocycles. The summed E-state index contributed by atoms with van der Waals surface area (Å²) in [5, 5.41) is 0. The van der Waals surface area contributed by atoms with E-state index in [-0.39, 0.29) is 23.8 Å². The summed E-state index contributed by atoms with van der Waals surface area (Å²) in [4.78, 5) is 0. The Morgan fingerprint density at radius 3 is 1.83 bits per heavy atom. The molecule has 0 atom stereocenters. The average Bonchev–Trinajstić information content (AvgIpc) is 2.97. The van der Waals surface area contributed by atoms with Crippen molar-refractivity contribution < 1.29 is 31.1 Å². The van der Waals surface area contributed by atoms with Crippen LogP contribution in [0.1, 0.15) is 122 Å². The minimum Gasteiger partial charge on any atom is -0.429 e. The van der Waals surface area contributed by atoms with Gasteiger partial charge in [0, 0.05) is 11.1 Å². The number of halogens is 6. The number of unbranched alkanes of at least 4 members (excludes halogenated alkanes) is 2. The van der Waals surface area contributed by atoms with Gasteiger partial charge >= 0.3 is 6.11 Å². The highest BCUT2D eigenvalue weighted by molar-refractivity contribution is 5.66. The average molecular weight is 583 g/mol. The third kappa shape index (κ3) is 8.01. The molecule has 0 bridgehead atoms. The van der Waals surface area contributed by atoms with Crippen LogP contribution in [-0.4, -0.2) is 6.11 Å². The Balaban J connectivity index is 1.37. The SMILES string of the molecule is CCCCCC1CCC(CCC(F)(F)Oc2ccc(-c3ccc(C4CCC(CC)CC4)c(F)c3F)c(F)c2F)CC1. The number of alkyl halides is 2. The topological polar surface area (TPSA) is 9.23 Å². The number of rotatable bonds is 12. The van der Waals surface area contributed by atoms with E-state index >= 15 is 13.2 Å². The van der Waals surface area contributed by atoms with E-state index in [2.05, 4.69) is 18.6 Å². The minimum atomic E-state index is -3.68. The van der Waals surface area contributed by atoms with E-state index in [1.54, 1.807) is 0 Å². The van der Waals surface area contributed by atoms with Crippen LogP contribution in [0.4, 0.5) is 26.3 Å². The molecule has 2 fully saturated rings. The summed E-state index contributed by atoms with van der Waals surface area (Å²) in [6, 6.07) is 4.50. The maximum absolute atomic E-state index is 15.1. The number of benzene rings is 2. The fraction of sp³-hybridized carbons (Fsp3) is 0.647. The van der Waals surface area contributed by atoms with Gasteiger partial charge in [-0.25, -0.2) is 13.2 Å². The normalized spacial score (nSPS) is 23.5. The Kier molecular flexibility index (Phi) is 11.1. The van der Waals surface area contributed by atoms with Gasteiger partial charge in [-0.15, -0.1) is 0 Å². The van der Waals surface area contributed by atoms with Gasteiger partial charge in [-0.2, -0.15) is 13.2 Å². The van der Waals surface area contributed by atoms with Crippen LogP contribution in [0, 0.1) is 41.0 Å². The van der Waals surface area contributed by atoms with Crippen LogP contribution in [0.2, 0.25) is 0 Å². The molecule has 0 unspecified atom stereocenters. The molecule has 0 heterocycles. The molecule has 0 radical (unpaired) electrons. The van der Waals surface area contributed by atoms with Gasteiger partial charge < -0.3 is 4.74 Å². The first-order valence-electron chi connectivity index (χ1n) is 15.7. The summed E-state index contributed by atoms with van der Waals surface area (Å²) in [6.07, 6.45) is 9.09.